The third-order valence-corrected chi connectivity index (χ3v) is 4.84. The lowest BCUT2D eigenvalue weighted by molar-refractivity contribution is -0.117. The van der Waals surface area contributed by atoms with Gasteiger partial charge in [0.1, 0.15) is 11.3 Å². The second kappa shape index (κ2) is 6.59. The van der Waals surface area contributed by atoms with Gasteiger partial charge in [0.2, 0.25) is 5.91 Å². The fraction of sp³-hybridized carbons (Fsp3) is 0.190. The Morgan fingerprint density at radius 3 is 2.04 bits per heavy atom. The van der Waals surface area contributed by atoms with Gasteiger partial charge in [-0.15, -0.1) is 0 Å². The zero-order valence-corrected chi connectivity index (χ0v) is 14.5. The number of nitrogens with zero attached hydrogens (tertiary/aromatic N) is 3. The lowest BCUT2D eigenvalue weighted by Gasteiger charge is -2.37. The lowest BCUT2D eigenvalue weighted by Crippen LogP contribution is -2.45. The van der Waals surface area contributed by atoms with Crippen LogP contribution in [0.4, 0.5) is 5.69 Å². The first-order valence-corrected chi connectivity index (χ1v) is 8.56. The first-order valence-electron chi connectivity index (χ1n) is 8.56. The summed E-state index contributed by atoms with van der Waals surface area (Å²) in [5, 5.41) is 0. The molecule has 0 spiro atoms. The summed E-state index contributed by atoms with van der Waals surface area (Å²) >= 11 is 0. The van der Waals surface area contributed by atoms with E-state index < -0.39 is 5.54 Å². The minimum absolute atomic E-state index is 0.0615. The zero-order valence-electron chi connectivity index (χ0n) is 14.5. The predicted octanol–water partition coefficient (Wildman–Crippen LogP) is 3.56. The molecule has 26 heavy (non-hydrogen) atoms. The molecule has 4 rings (SSSR count). The number of methoxy groups -OCH3 is 1. The molecule has 1 amide bonds. The molecule has 0 saturated carbocycles. The molecular formula is C21H19N3O2. The van der Waals surface area contributed by atoms with Crippen LogP contribution in [0.15, 0.2) is 73.1 Å². The van der Waals surface area contributed by atoms with Gasteiger partial charge >= 0.3 is 0 Å². The SMILES string of the molecule is COc1ccc(N2C(=O)CCC2(c2ccccn2)c2ccccn2)cc1. The number of amides is 1. The highest BCUT2D eigenvalue weighted by Gasteiger charge is 2.50. The van der Waals surface area contributed by atoms with Gasteiger partial charge in [0.25, 0.3) is 0 Å². The predicted molar refractivity (Wildman–Crippen MR) is 99.0 cm³/mol. The Balaban J connectivity index is 1.92. The molecule has 0 N–H and O–H groups in total. The van der Waals surface area contributed by atoms with Crippen molar-refractivity contribution in [1.29, 1.82) is 0 Å². The summed E-state index contributed by atoms with van der Waals surface area (Å²) in [6, 6.07) is 19.1. The molecule has 0 aliphatic carbocycles. The topological polar surface area (TPSA) is 55.3 Å². The maximum absolute atomic E-state index is 12.9. The Kier molecular flexibility index (Phi) is 4.13. The monoisotopic (exact) mass is 345 g/mol. The molecule has 1 aromatic carbocycles. The summed E-state index contributed by atoms with van der Waals surface area (Å²) in [6.07, 6.45) is 4.59. The molecule has 3 heterocycles. The number of hydrogen-bond donors (Lipinski definition) is 0. The highest BCUT2D eigenvalue weighted by atomic mass is 16.5. The van der Waals surface area contributed by atoms with Gasteiger partial charge in [-0.2, -0.15) is 0 Å². The second-order valence-corrected chi connectivity index (χ2v) is 6.22. The van der Waals surface area contributed by atoms with E-state index in [2.05, 4.69) is 9.97 Å². The van der Waals surface area contributed by atoms with Crippen LogP contribution >= 0.6 is 0 Å². The van der Waals surface area contributed by atoms with Gasteiger partial charge in [-0.3, -0.25) is 19.7 Å². The Morgan fingerprint density at radius 2 is 1.54 bits per heavy atom. The summed E-state index contributed by atoms with van der Waals surface area (Å²) in [4.78, 5) is 24.0. The Hall–Kier alpha value is -3.21. The number of benzene rings is 1. The molecular weight excluding hydrogens is 326 g/mol. The average Bonchev–Trinajstić information content (AvgIpc) is 3.07. The summed E-state index contributed by atoms with van der Waals surface area (Å²) in [5.74, 6) is 0.813. The molecule has 1 aliphatic rings. The molecule has 1 aliphatic heterocycles. The molecule has 0 bridgehead atoms. The van der Waals surface area contributed by atoms with Gasteiger partial charge in [0.15, 0.2) is 0 Å². The van der Waals surface area contributed by atoms with Crippen LogP contribution in [-0.4, -0.2) is 23.0 Å². The van der Waals surface area contributed by atoms with E-state index in [9.17, 15) is 4.79 Å². The van der Waals surface area contributed by atoms with Crippen molar-refractivity contribution in [3.8, 4) is 5.75 Å². The van der Waals surface area contributed by atoms with Crippen molar-refractivity contribution < 1.29 is 9.53 Å². The van der Waals surface area contributed by atoms with Gasteiger partial charge < -0.3 is 4.74 Å². The van der Waals surface area contributed by atoms with Crippen LogP contribution in [0.1, 0.15) is 24.2 Å². The van der Waals surface area contributed by atoms with E-state index in [4.69, 9.17) is 4.74 Å². The van der Waals surface area contributed by atoms with Crippen LogP contribution in [0.3, 0.4) is 0 Å². The number of carbonyl (C=O) groups is 1. The van der Waals surface area contributed by atoms with E-state index in [-0.39, 0.29) is 5.91 Å². The lowest BCUT2D eigenvalue weighted by atomic mass is 9.86. The number of ether oxygens (including phenoxy) is 1. The van der Waals surface area contributed by atoms with Crippen LogP contribution in [-0.2, 0) is 10.3 Å². The molecule has 1 saturated heterocycles. The van der Waals surface area contributed by atoms with Crippen molar-refractivity contribution in [1.82, 2.24) is 9.97 Å². The van der Waals surface area contributed by atoms with Crippen molar-refractivity contribution in [2.45, 2.75) is 18.4 Å². The summed E-state index contributed by atoms with van der Waals surface area (Å²) in [6.45, 7) is 0. The molecule has 0 atom stereocenters. The largest absolute Gasteiger partial charge is 0.497 e. The Labute approximate surface area is 152 Å². The van der Waals surface area contributed by atoms with Gasteiger partial charge in [-0.25, -0.2) is 0 Å². The minimum atomic E-state index is -0.714. The quantitative estimate of drug-likeness (QED) is 0.725. The maximum atomic E-state index is 12.9. The van der Waals surface area contributed by atoms with Gasteiger partial charge in [0, 0.05) is 24.5 Å². The summed E-state index contributed by atoms with van der Waals surface area (Å²) < 4.78 is 5.25. The highest BCUT2D eigenvalue weighted by Crippen LogP contribution is 2.46. The third-order valence-electron chi connectivity index (χ3n) is 4.84. The van der Waals surface area contributed by atoms with Crippen LogP contribution in [0.5, 0.6) is 5.75 Å². The third kappa shape index (κ3) is 2.52. The van der Waals surface area contributed by atoms with E-state index >= 15 is 0 Å². The van der Waals surface area contributed by atoms with Crippen molar-refractivity contribution in [2.75, 3.05) is 12.0 Å². The summed E-state index contributed by atoms with van der Waals surface area (Å²) in [7, 11) is 1.63. The number of aromatic nitrogens is 2. The number of anilines is 1. The van der Waals surface area contributed by atoms with Crippen LogP contribution in [0, 0.1) is 0 Å². The summed E-state index contributed by atoms with van der Waals surface area (Å²) in [5.41, 5.74) is 1.74. The standard InChI is InChI=1S/C21H19N3O2/c1-26-17-10-8-16(9-11-17)24-20(25)12-13-21(24,18-6-2-4-14-22-18)19-7-3-5-15-23-19/h2-11,14-15H,12-13H2,1H3. The first kappa shape index (κ1) is 16.3. The normalized spacial score (nSPS) is 15.9. The van der Waals surface area contributed by atoms with E-state index in [0.717, 1.165) is 22.8 Å². The molecule has 0 radical (unpaired) electrons. The van der Waals surface area contributed by atoms with Crippen LogP contribution in [0.25, 0.3) is 0 Å². The molecule has 2 aromatic heterocycles. The number of rotatable bonds is 4. The van der Waals surface area contributed by atoms with Crippen molar-refractivity contribution in [2.24, 2.45) is 0 Å². The maximum Gasteiger partial charge on any atom is 0.228 e. The minimum Gasteiger partial charge on any atom is -0.497 e. The van der Waals surface area contributed by atoms with E-state index in [1.54, 1.807) is 19.5 Å². The highest BCUT2D eigenvalue weighted by molar-refractivity contribution is 5.98. The molecule has 3 aromatic rings. The smallest absolute Gasteiger partial charge is 0.228 e. The van der Waals surface area contributed by atoms with Gasteiger partial charge in [0.05, 0.1) is 18.5 Å². The van der Waals surface area contributed by atoms with Crippen LogP contribution in [0.2, 0.25) is 0 Å². The zero-order chi connectivity index (χ0) is 18.0. The number of pyridine rings is 2. The van der Waals surface area contributed by atoms with Crippen molar-refractivity contribution in [3.63, 3.8) is 0 Å². The molecule has 5 nitrogen and oxygen atoms in total. The number of carbonyl (C=O) groups excluding carboxylic acids is 1. The van der Waals surface area contributed by atoms with E-state index in [1.165, 1.54) is 0 Å². The van der Waals surface area contributed by atoms with Gasteiger partial charge in [-0.1, -0.05) is 12.1 Å². The van der Waals surface area contributed by atoms with Gasteiger partial charge in [-0.05, 0) is 55.0 Å². The first-order chi connectivity index (χ1) is 12.8. The number of hydrogen-bond acceptors (Lipinski definition) is 4. The molecule has 130 valence electrons. The molecule has 0 unspecified atom stereocenters. The van der Waals surface area contributed by atoms with Crippen molar-refractivity contribution in [3.05, 3.63) is 84.4 Å². The fourth-order valence-electron chi connectivity index (χ4n) is 3.65. The Bertz CT molecular complexity index is 856. The van der Waals surface area contributed by atoms with Crippen molar-refractivity contribution >= 4 is 11.6 Å². The molecule has 5 heteroatoms. The van der Waals surface area contributed by atoms with E-state index in [0.29, 0.717) is 12.8 Å². The Morgan fingerprint density at radius 1 is 0.923 bits per heavy atom. The van der Waals surface area contributed by atoms with Crippen LogP contribution < -0.4 is 9.64 Å². The van der Waals surface area contributed by atoms with E-state index in [1.807, 2.05) is 65.6 Å². The molecule has 1 fully saturated rings. The fourth-order valence-corrected chi connectivity index (χ4v) is 3.65. The average molecular weight is 345 g/mol. The second-order valence-electron chi connectivity index (χ2n) is 6.22.